The average molecular weight is 230 g/mol. The number of nitrogens with zero attached hydrogens (tertiary/aromatic N) is 3. The van der Waals surface area contributed by atoms with Crippen molar-refractivity contribution in [3.8, 4) is 0 Å². The van der Waals surface area contributed by atoms with E-state index in [1.54, 1.807) is 11.6 Å². The lowest BCUT2D eigenvalue weighted by atomic mass is 10.1. The van der Waals surface area contributed by atoms with Crippen LogP contribution >= 0.6 is 11.8 Å². The predicted octanol–water partition coefficient (Wildman–Crippen LogP) is 0.599. The summed E-state index contributed by atoms with van der Waals surface area (Å²) in [4.78, 5) is 11.0. The standard InChI is InChI=1S/C8H14N4O2S/c1-4(2)5(6(13)14)15-8-11-10-7(9)12(8)3/h4-5H,1-3H3,(H2,9,10)(H,13,14). The quantitative estimate of drug-likeness (QED) is 0.735. The third-order valence-corrected chi connectivity index (χ3v) is 3.52. The summed E-state index contributed by atoms with van der Waals surface area (Å²) in [6.07, 6.45) is 0. The van der Waals surface area contributed by atoms with E-state index >= 15 is 0 Å². The first kappa shape index (κ1) is 11.8. The minimum atomic E-state index is -0.850. The van der Waals surface area contributed by atoms with Gasteiger partial charge in [0.2, 0.25) is 5.95 Å². The van der Waals surface area contributed by atoms with Crippen LogP contribution in [-0.2, 0) is 11.8 Å². The maximum absolute atomic E-state index is 11.0. The SMILES string of the molecule is CC(C)C(Sc1nnc(N)n1C)C(=O)O. The maximum Gasteiger partial charge on any atom is 0.317 e. The Bertz CT molecular complexity index is 364. The molecular formula is C8H14N4O2S. The normalized spacial score (nSPS) is 13.1. The lowest BCUT2D eigenvalue weighted by Crippen LogP contribution is -2.23. The first-order valence-electron chi connectivity index (χ1n) is 4.47. The molecule has 0 fully saturated rings. The highest BCUT2D eigenvalue weighted by Gasteiger charge is 2.25. The molecule has 6 nitrogen and oxygen atoms in total. The maximum atomic E-state index is 11.0. The Morgan fingerprint density at radius 3 is 2.47 bits per heavy atom. The van der Waals surface area contributed by atoms with E-state index in [-0.39, 0.29) is 11.9 Å². The monoisotopic (exact) mass is 230 g/mol. The number of rotatable bonds is 4. The fourth-order valence-corrected chi connectivity index (χ4v) is 1.95. The molecule has 1 atom stereocenters. The lowest BCUT2D eigenvalue weighted by Gasteiger charge is -2.14. The fraction of sp³-hybridized carbons (Fsp3) is 0.625. The molecule has 3 N–H and O–H groups in total. The highest BCUT2D eigenvalue weighted by atomic mass is 32.2. The summed E-state index contributed by atoms with van der Waals surface area (Å²) in [6.45, 7) is 3.71. The molecular weight excluding hydrogens is 216 g/mol. The molecule has 1 aromatic heterocycles. The molecule has 84 valence electrons. The zero-order valence-electron chi connectivity index (χ0n) is 8.84. The Balaban J connectivity index is 2.83. The molecule has 0 aliphatic heterocycles. The molecule has 1 heterocycles. The van der Waals surface area contributed by atoms with Crippen LogP contribution in [0.25, 0.3) is 0 Å². The third kappa shape index (κ3) is 2.62. The molecule has 0 bridgehead atoms. The summed E-state index contributed by atoms with van der Waals surface area (Å²) in [5.41, 5.74) is 5.50. The average Bonchev–Trinajstić information content (AvgIpc) is 2.43. The van der Waals surface area contributed by atoms with Crippen LogP contribution in [0.1, 0.15) is 13.8 Å². The van der Waals surface area contributed by atoms with Crippen LogP contribution in [-0.4, -0.2) is 31.1 Å². The molecule has 7 heteroatoms. The van der Waals surface area contributed by atoms with Crippen LogP contribution in [0.15, 0.2) is 5.16 Å². The number of thioether (sulfide) groups is 1. The largest absolute Gasteiger partial charge is 0.480 e. The highest BCUT2D eigenvalue weighted by Crippen LogP contribution is 2.27. The van der Waals surface area contributed by atoms with Gasteiger partial charge in [-0.3, -0.25) is 9.36 Å². The Kier molecular flexibility index (Phi) is 3.57. The minimum absolute atomic E-state index is 0.0189. The van der Waals surface area contributed by atoms with Crippen LogP contribution in [0.5, 0.6) is 0 Å². The van der Waals surface area contributed by atoms with E-state index in [9.17, 15) is 4.79 Å². The van der Waals surface area contributed by atoms with Gasteiger partial charge in [0, 0.05) is 7.05 Å². The van der Waals surface area contributed by atoms with Crippen molar-refractivity contribution < 1.29 is 9.90 Å². The number of hydrogen-bond donors (Lipinski definition) is 2. The molecule has 1 aromatic rings. The molecule has 0 saturated carbocycles. The number of nitrogen functional groups attached to an aromatic ring is 1. The number of carbonyl (C=O) groups is 1. The first-order chi connectivity index (χ1) is 6.93. The second-order valence-electron chi connectivity index (χ2n) is 3.52. The summed E-state index contributed by atoms with van der Waals surface area (Å²) in [5, 5.41) is 16.5. The summed E-state index contributed by atoms with van der Waals surface area (Å²) < 4.78 is 1.57. The Hall–Kier alpha value is -1.24. The number of hydrogen-bond acceptors (Lipinski definition) is 5. The van der Waals surface area contributed by atoms with Crippen LogP contribution in [0.4, 0.5) is 5.95 Å². The van der Waals surface area contributed by atoms with E-state index in [4.69, 9.17) is 10.8 Å². The van der Waals surface area contributed by atoms with Gasteiger partial charge >= 0.3 is 5.97 Å². The van der Waals surface area contributed by atoms with E-state index in [0.717, 1.165) is 11.8 Å². The number of carboxylic acid groups (broad SMARTS) is 1. The number of aromatic nitrogens is 3. The number of nitrogens with two attached hydrogens (primary N) is 1. The van der Waals surface area contributed by atoms with Gasteiger partial charge in [-0.25, -0.2) is 0 Å². The highest BCUT2D eigenvalue weighted by molar-refractivity contribution is 8.00. The van der Waals surface area contributed by atoms with Crippen molar-refractivity contribution in [2.75, 3.05) is 5.73 Å². The van der Waals surface area contributed by atoms with Crippen molar-refractivity contribution in [2.24, 2.45) is 13.0 Å². The van der Waals surface area contributed by atoms with Crippen LogP contribution in [0.2, 0.25) is 0 Å². The Morgan fingerprint density at radius 1 is 1.53 bits per heavy atom. The van der Waals surface area contributed by atoms with Crippen molar-refractivity contribution >= 4 is 23.7 Å². The van der Waals surface area contributed by atoms with Crippen molar-refractivity contribution in [1.82, 2.24) is 14.8 Å². The molecule has 1 rings (SSSR count). The van der Waals surface area contributed by atoms with Gasteiger partial charge in [0.05, 0.1) is 0 Å². The van der Waals surface area contributed by atoms with Crippen LogP contribution in [0, 0.1) is 5.92 Å². The minimum Gasteiger partial charge on any atom is -0.480 e. The van der Waals surface area contributed by atoms with Gasteiger partial charge in [0.25, 0.3) is 0 Å². The van der Waals surface area contributed by atoms with E-state index in [0.29, 0.717) is 5.16 Å². The van der Waals surface area contributed by atoms with Gasteiger partial charge in [-0.1, -0.05) is 25.6 Å². The van der Waals surface area contributed by atoms with Crippen molar-refractivity contribution in [2.45, 2.75) is 24.3 Å². The van der Waals surface area contributed by atoms with Crippen molar-refractivity contribution in [3.63, 3.8) is 0 Å². The molecule has 0 spiro atoms. The third-order valence-electron chi connectivity index (χ3n) is 1.95. The lowest BCUT2D eigenvalue weighted by molar-refractivity contribution is -0.137. The van der Waals surface area contributed by atoms with Gasteiger partial charge in [-0.2, -0.15) is 0 Å². The van der Waals surface area contributed by atoms with Gasteiger partial charge in [0.15, 0.2) is 5.16 Å². The molecule has 0 amide bonds. The topological polar surface area (TPSA) is 94.0 Å². The smallest absolute Gasteiger partial charge is 0.317 e. The Labute approximate surface area is 91.9 Å². The van der Waals surface area contributed by atoms with E-state index < -0.39 is 11.2 Å². The van der Waals surface area contributed by atoms with Crippen molar-refractivity contribution in [1.29, 1.82) is 0 Å². The molecule has 15 heavy (non-hydrogen) atoms. The fourth-order valence-electron chi connectivity index (χ4n) is 1.01. The predicted molar refractivity (Wildman–Crippen MR) is 57.5 cm³/mol. The summed E-state index contributed by atoms with van der Waals surface area (Å²) in [6, 6.07) is 0. The first-order valence-corrected chi connectivity index (χ1v) is 5.35. The molecule has 0 aliphatic carbocycles. The van der Waals surface area contributed by atoms with Crippen LogP contribution < -0.4 is 5.73 Å². The summed E-state index contributed by atoms with van der Waals surface area (Å²) >= 11 is 1.16. The van der Waals surface area contributed by atoms with Gasteiger partial charge in [-0.05, 0) is 5.92 Å². The second kappa shape index (κ2) is 4.52. The zero-order chi connectivity index (χ0) is 11.6. The van der Waals surface area contributed by atoms with Crippen LogP contribution in [0.3, 0.4) is 0 Å². The molecule has 1 unspecified atom stereocenters. The van der Waals surface area contributed by atoms with E-state index in [1.165, 1.54) is 0 Å². The molecule has 0 saturated heterocycles. The number of anilines is 1. The molecule has 0 radical (unpaired) electrons. The van der Waals surface area contributed by atoms with Crippen molar-refractivity contribution in [3.05, 3.63) is 0 Å². The summed E-state index contributed by atoms with van der Waals surface area (Å²) in [5.74, 6) is -0.549. The number of carboxylic acids is 1. The van der Waals surface area contributed by atoms with Gasteiger partial charge < -0.3 is 10.8 Å². The molecule has 0 aliphatic rings. The van der Waals surface area contributed by atoms with E-state index in [2.05, 4.69) is 10.2 Å². The number of aliphatic carboxylic acids is 1. The van der Waals surface area contributed by atoms with E-state index in [1.807, 2.05) is 13.8 Å². The summed E-state index contributed by atoms with van der Waals surface area (Å²) in [7, 11) is 1.71. The zero-order valence-corrected chi connectivity index (χ0v) is 9.65. The second-order valence-corrected chi connectivity index (χ2v) is 4.63. The van der Waals surface area contributed by atoms with Gasteiger partial charge in [0.1, 0.15) is 5.25 Å². The van der Waals surface area contributed by atoms with Gasteiger partial charge in [-0.15, -0.1) is 10.2 Å². The molecule has 0 aromatic carbocycles. The Morgan fingerprint density at radius 2 is 2.13 bits per heavy atom.